The maximum atomic E-state index is 11.3. The van der Waals surface area contributed by atoms with Gasteiger partial charge in [0.1, 0.15) is 11.3 Å². The number of rotatable bonds is 4. The van der Waals surface area contributed by atoms with Crippen LogP contribution in [0.2, 0.25) is 0 Å². The van der Waals surface area contributed by atoms with Crippen molar-refractivity contribution in [2.24, 2.45) is 0 Å². The van der Waals surface area contributed by atoms with Gasteiger partial charge in [0, 0.05) is 6.07 Å². The van der Waals surface area contributed by atoms with E-state index in [1.54, 1.807) is 6.07 Å². The molecule has 0 bridgehead atoms. The van der Waals surface area contributed by atoms with Gasteiger partial charge in [-0.2, -0.15) is 4.98 Å². The molecule has 25 heavy (non-hydrogen) atoms. The number of fused-ring (bicyclic) bond motifs is 2. The lowest BCUT2D eigenvalue weighted by Crippen LogP contribution is -1.92. The van der Waals surface area contributed by atoms with Crippen LogP contribution in [-0.2, 0) is 0 Å². The van der Waals surface area contributed by atoms with Crippen LogP contribution in [0.5, 0.6) is 5.75 Å². The predicted molar refractivity (Wildman–Crippen MR) is 94.9 cm³/mol. The molecule has 0 aliphatic heterocycles. The monoisotopic (exact) mass is 356 g/mol. The molecule has 2 heterocycles. The van der Waals surface area contributed by atoms with Crippen molar-refractivity contribution in [1.82, 2.24) is 9.97 Å². The van der Waals surface area contributed by atoms with E-state index in [9.17, 15) is 10.1 Å². The number of nitro benzene ring substituents is 1. The number of non-ortho nitro benzene ring substituents is 1. The fourth-order valence-corrected chi connectivity index (χ4v) is 3.43. The fraction of sp³-hybridized carbons (Fsp3) is 0.125. The molecule has 0 spiro atoms. The topological polar surface area (TPSA) is 103 Å². The second kappa shape index (κ2) is 5.71. The lowest BCUT2D eigenvalue weighted by atomic mass is 10.2. The number of anilines is 2. The number of hydrogen-bond donors (Lipinski definition) is 1. The Balaban J connectivity index is 1.77. The van der Waals surface area contributed by atoms with Gasteiger partial charge in [0.15, 0.2) is 16.2 Å². The Morgan fingerprint density at radius 1 is 1.32 bits per heavy atom. The number of ether oxygens (including phenoxy) is 1. The van der Waals surface area contributed by atoms with Gasteiger partial charge >= 0.3 is 6.01 Å². The Morgan fingerprint density at radius 2 is 2.16 bits per heavy atom. The third kappa shape index (κ3) is 2.64. The van der Waals surface area contributed by atoms with Gasteiger partial charge in [0.25, 0.3) is 5.69 Å². The number of methoxy groups -OCH3 is 1. The molecule has 4 aromatic rings. The van der Waals surface area contributed by atoms with Gasteiger partial charge in [0.2, 0.25) is 0 Å². The second-order valence-corrected chi connectivity index (χ2v) is 6.37. The highest BCUT2D eigenvalue weighted by Crippen LogP contribution is 2.37. The van der Waals surface area contributed by atoms with Crippen LogP contribution in [0.15, 0.2) is 34.7 Å². The highest BCUT2D eigenvalue weighted by molar-refractivity contribution is 7.22. The number of benzene rings is 2. The van der Waals surface area contributed by atoms with Crippen LogP contribution < -0.4 is 10.1 Å². The van der Waals surface area contributed by atoms with Gasteiger partial charge < -0.3 is 9.15 Å². The van der Waals surface area contributed by atoms with E-state index in [0.717, 1.165) is 11.1 Å². The van der Waals surface area contributed by atoms with Crippen molar-refractivity contribution in [3.8, 4) is 5.75 Å². The summed E-state index contributed by atoms with van der Waals surface area (Å²) in [6.45, 7) is 1.94. The number of thiazole rings is 1. The number of para-hydroxylation sites is 1. The zero-order valence-corrected chi connectivity index (χ0v) is 14.1. The van der Waals surface area contributed by atoms with E-state index >= 15 is 0 Å². The van der Waals surface area contributed by atoms with Gasteiger partial charge in [-0.3, -0.25) is 15.4 Å². The van der Waals surface area contributed by atoms with Crippen molar-refractivity contribution in [3.63, 3.8) is 0 Å². The first-order chi connectivity index (χ1) is 12.0. The third-order valence-electron chi connectivity index (χ3n) is 3.71. The van der Waals surface area contributed by atoms with Crippen LogP contribution in [-0.4, -0.2) is 22.0 Å². The van der Waals surface area contributed by atoms with Gasteiger partial charge in [-0.05, 0) is 18.6 Å². The first-order valence-corrected chi connectivity index (χ1v) is 8.13. The van der Waals surface area contributed by atoms with E-state index < -0.39 is 4.92 Å². The van der Waals surface area contributed by atoms with E-state index in [4.69, 9.17) is 9.15 Å². The standard InChI is InChI=1S/C16H12N4O4S/c1-8-4-3-5-10-14(8)24-15(17-10)19-16-18-13-11(20(21)22)6-9(23-2)7-12(13)25-16/h3-7H,1-2H3,(H,17,18,19). The molecule has 8 nitrogen and oxygen atoms in total. The van der Waals surface area contributed by atoms with E-state index in [1.807, 2.05) is 25.1 Å². The first kappa shape index (κ1) is 15.3. The summed E-state index contributed by atoms with van der Waals surface area (Å²) in [5.41, 5.74) is 2.59. The molecule has 126 valence electrons. The number of nitrogens with one attached hydrogen (secondary N) is 1. The number of hydrogen-bond acceptors (Lipinski definition) is 8. The van der Waals surface area contributed by atoms with Gasteiger partial charge in [-0.25, -0.2) is 4.98 Å². The Labute approximate surface area is 145 Å². The molecule has 0 atom stereocenters. The minimum atomic E-state index is -0.475. The first-order valence-electron chi connectivity index (χ1n) is 7.31. The van der Waals surface area contributed by atoms with Crippen LogP contribution in [0.25, 0.3) is 21.3 Å². The summed E-state index contributed by atoms with van der Waals surface area (Å²) in [6, 6.07) is 9.04. The molecular formula is C16H12N4O4S. The average molecular weight is 356 g/mol. The number of oxazole rings is 1. The van der Waals surface area contributed by atoms with Gasteiger partial charge in [-0.1, -0.05) is 23.5 Å². The van der Waals surface area contributed by atoms with Crippen molar-refractivity contribution in [1.29, 1.82) is 0 Å². The predicted octanol–water partition coefficient (Wildman–Crippen LogP) is 4.41. The van der Waals surface area contributed by atoms with Crippen molar-refractivity contribution in [3.05, 3.63) is 46.0 Å². The SMILES string of the molecule is COc1cc([N+](=O)[O-])c2nc(Nc3nc4cccc(C)c4o3)sc2c1. The summed E-state index contributed by atoms with van der Waals surface area (Å²) >= 11 is 1.26. The van der Waals surface area contributed by atoms with E-state index in [0.29, 0.717) is 26.7 Å². The number of nitrogens with zero attached hydrogens (tertiary/aromatic N) is 3. The maximum Gasteiger partial charge on any atom is 0.302 e. The maximum absolute atomic E-state index is 11.3. The summed E-state index contributed by atoms with van der Waals surface area (Å²) in [5.74, 6) is 0.409. The lowest BCUT2D eigenvalue weighted by molar-refractivity contribution is -0.383. The highest BCUT2D eigenvalue weighted by Gasteiger charge is 2.20. The molecule has 0 saturated carbocycles. The minimum absolute atomic E-state index is 0.105. The summed E-state index contributed by atoms with van der Waals surface area (Å²) in [6.07, 6.45) is 0. The molecule has 0 radical (unpaired) electrons. The molecule has 4 rings (SSSR count). The largest absolute Gasteiger partial charge is 0.496 e. The van der Waals surface area contributed by atoms with Crippen molar-refractivity contribution >= 4 is 49.5 Å². The second-order valence-electron chi connectivity index (χ2n) is 5.34. The zero-order chi connectivity index (χ0) is 17.6. The van der Waals surface area contributed by atoms with Gasteiger partial charge in [0.05, 0.1) is 22.8 Å². The number of aromatic nitrogens is 2. The molecule has 0 aliphatic carbocycles. The molecule has 9 heteroatoms. The molecule has 2 aromatic carbocycles. The Hall–Kier alpha value is -3.20. The van der Waals surface area contributed by atoms with E-state index in [-0.39, 0.29) is 11.7 Å². The van der Waals surface area contributed by atoms with Crippen molar-refractivity contribution < 1.29 is 14.1 Å². The normalized spacial score (nSPS) is 11.1. The summed E-state index contributed by atoms with van der Waals surface area (Å²) < 4.78 is 11.5. The molecule has 0 saturated heterocycles. The lowest BCUT2D eigenvalue weighted by Gasteiger charge is -1.99. The van der Waals surface area contributed by atoms with E-state index in [1.165, 1.54) is 24.5 Å². The van der Waals surface area contributed by atoms with Crippen LogP contribution >= 0.6 is 11.3 Å². The summed E-state index contributed by atoms with van der Waals surface area (Å²) in [4.78, 5) is 19.5. The van der Waals surface area contributed by atoms with Gasteiger partial charge in [-0.15, -0.1) is 0 Å². The molecule has 0 amide bonds. The number of nitro groups is 1. The quantitative estimate of drug-likeness (QED) is 0.427. The van der Waals surface area contributed by atoms with Crippen molar-refractivity contribution in [2.45, 2.75) is 6.92 Å². The van der Waals surface area contributed by atoms with Crippen LogP contribution in [0.4, 0.5) is 16.8 Å². The number of aryl methyl sites for hydroxylation is 1. The Kier molecular flexibility index (Phi) is 3.50. The molecule has 1 N–H and O–H groups in total. The molecular weight excluding hydrogens is 344 g/mol. The van der Waals surface area contributed by atoms with Crippen molar-refractivity contribution in [2.75, 3.05) is 12.4 Å². The minimum Gasteiger partial charge on any atom is -0.496 e. The van der Waals surface area contributed by atoms with Crippen LogP contribution in [0.3, 0.4) is 0 Å². The Bertz CT molecular complexity index is 1120. The van der Waals surface area contributed by atoms with Crippen LogP contribution in [0, 0.1) is 17.0 Å². The highest BCUT2D eigenvalue weighted by atomic mass is 32.1. The molecule has 0 unspecified atom stereocenters. The average Bonchev–Trinajstić information content (AvgIpc) is 3.17. The molecule has 0 fully saturated rings. The summed E-state index contributed by atoms with van der Waals surface area (Å²) in [5, 5.41) is 14.7. The molecule has 0 aliphatic rings. The summed E-state index contributed by atoms with van der Waals surface area (Å²) in [7, 11) is 1.46. The third-order valence-corrected chi connectivity index (χ3v) is 4.62. The zero-order valence-electron chi connectivity index (χ0n) is 13.3. The van der Waals surface area contributed by atoms with E-state index in [2.05, 4.69) is 15.3 Å². The Morgan fingerprint density at radius 3 is 2.88 bits per heavy atom. The van der Waals surface area contributed by atoms with Crippen LogP contribution in [0.1, 0.15) is 5.56 Å². The molecule has 2 aromatic heterocycles. The smallest absolute Gasteiger partial charge is 0.302 e. The fourth-order valence-electron chi connectivity index (χ4n) is 2.53.